The minimum atomic E-state index is -0.104. The van der Waals surface area contributed by atoms with Crippen LogP contribution in [0.2, 0.25) is 0 Å². The first-order valence-corrected chi connectivity index (χ1v) is 4.01. The second-order valence-electron chi connectivity index (χ2n) is 3.34. The summed E-state index contributed by atoms with van der Waals surface area (Å²) in [4.78, 5) is 0. The van der Waals surface area contributed by atoms with Crippen molar-refractivity contribution in [3.63, 3.8) is 0 Å². The van der Waals surface area contributed by atoms with Crippen LogP contribution < -0.4 is 5.32 Å². The van der Waals surface area contributed by atoms with Gasteiger partial charge in [-0.3, -0.25) is 0 Å². The van der Waals surface area contributed by atoms with Gasteiger partial charge in [-0.2, -0.15) is 0 Å². The number of rotatable bonds is 5. The van der Waals surface area contributed by atoms with Crippen molar-refractivity contribution in [1.29, 1.82) is 0 Å². The highest BCUT2D eigenvalue weighted by molar-refractivity contribution is 4.97. The van der Waals surface area contributed by atoms with Gasteiger partial charge in [0.2, 0.25) is 0 Å². The van der Waals surface area contributed by atoms with E-state index in [1.165, 1.54) is 12.8 Å². The van der Waals surface area contributed by atoms with Crippen LogP contribution in [0.4, 0.5) is 0 Å². The van der Waals surface area contributed by atoms with E-state index in [9.17, 15) is 0 Å². The normalized spacial score (nSPS) is 20.7. The Morgan fingerprint density at radius 3 is 2.27 bits per heavy atom. The van der Waals surface area contributed by atoms with Crippen LogP contribution in [0.15, 0.2) is 0 Å². The Morgan fingerprint density at radius 2 is 1.91 bits per heavy atom. The molecular weight excluding hydrogens is 142 g/mol. The quantitative estimate of drug-likeness (QED) is 0.600. The highest BCUT2D eigenvalue weighted by Gasteiger charge is 2.36. The summed E-state index contributed by atoms with van der Waals surface area (Å²) in [5.41, 5.74) is 0.370. The van der Waals surface area contributed by atoms with Crippen molar-refractivity contribution in [2.75, 3.05) is 20.8 Å². The van der Waals surface area contributed by atoms with Crippen molar-refractivity contribution in [3.8, 4) is 0 Å². The van der Waals surface area contributed by atoms with Crippen molar-refractivity contribution >= 4 is 0 Å². The lowest BCUT2D eigenvalue weighted by Gasteiger charge is -2.17. The molecule has 0 aromatic rings. The van der Waals surface area contributed by atoms with Crippen molar-refractivity contribution in [3.05, 3.63) is 0 Å². The van der Waals surface area contributed by atoms with Crippen LogP contribution in [-0.4, -0.2) is 32.6 Å². The molecule has 0 radical (unpaired) electrons. The topological polar surface area (TPSA) is 30.5 Å². The number of nitrogens with one attached hydrogen (secondary N) is 1. The van der Waals surface area contributed by atoms with Crippen LogP contribution >= 0.6 is 0 Å². The molecule has 1 rings (SSSR count). The van der Waals surface area contributed by atoms with E-state index in [1.54, 1.807) is 14.2 Å². The smallest absolute Gasteiger partial charge is 0.169 e. The predicted molar refractivity (Wildman–Crippen MR) is 43.4 cm³/mol. The zero-order chi connectivity index (χ0) is 8.32. The molecule has 0 bridgehead atoms. The lowest BCUT2D eigenvalue weighted by Crippen LogP contribution is -2.36. The summed E-state index contributed by atoms with van der Waals surface area (Å²) in [5, 5.41) is 3.38. The van der Waals surface area contributed by atoms with Crippen LogP contribution in [-0.2, 0) is 9.47 Å². The maximum atomic E-state index is 5.04. The van der Waals surface area contributed by atoms with E-state index in [0.717, 1.165) is 6.54 Å². The molecular formula is C8H17NO2. The van der Waals surface area contributed by atoms with Crippen LogP contribution in [0.1, 0.15) is 19.8 Å². The van der Waals surface area contributed by atoms with E-state index in [2.05, 4.69) is 12.2 Å². The first-order valence-electron chi connectivity index (χ1n) is 4.01. The van der Waals surface area contributed by atoms with Crippen molar-refractivity contribution in [2.45, 2.75) is 31.6 Å². The van der Waals surface area contributed by atoms with E-state index >= 15 is 0 Å². The van der Waals surface area contributed by atoms with Crippen LogP contribution in [0.5, 0.6) is 0 Å². The summed E-state index contributed by atoms with van der Waals surface area (Å²) in [6, 6.07) is 0. The summed E-state index contributed by atoms with van der Waals surface area (Å²) in [6.45, 7) is 3.00. The predicted octanol–water partition coefficient (Wildman–Crippen LogP) is 0.747. The fraction of sp³-hybridized carbons (Fsp3) is 1.00. The zero-order valence-corrected chi connectivity index (χ0v) is 7.52. The number of methoxy groups -OCH3 is 2. The van der Waals surface area contributed by atoms with Gasteiger partial charge in [0.1, 0.15) is 0 Å². The summed E-state index contributed by atoms with van der Waals surface area (Å²) >= 11 is 0. The Balaban J connectivity index is 2.09. The lowest BCUT2D eigenvalue weighted by molar-refractivity contribution is -0.100. The fourth-order valence-corrected chi connectivity index (χ4v) is 0.957. The molecule has 0 heterocycles. The van der Waals surface area contributed by atoms with Crippen molar-refractivity contribution in [1.82, 2.24) is 5.32 Å². The largest absolute Gasteiger partial charge is 0.355 e. The Labute approximate surface area is 68.1 Å². The average molecular weight is 159 g/mol. The van der Waals surface area contributed by atoms with Crippen LogP contribution in [0.3, 0.4) is 0 Å². The second kappa shape index (κ2) is 3.52. The molecule has 3 nitrogen and oxygen atoms in total. The van der Waals surface area contributed by atoms with E-state index in [1.807, 2.05) is 0 Å². The molecule has 11 heavy (non-hydrogen) atoms. The fourth-order valence-electron chi connectivity index (χ4n) is 0.957. The molecule has 3 heteroatoms. The number of ether oxygens (including phenoxy) is 2. The summed E-state index contributed by atoms with van der Waals surface area (Å²) in [7, 11) is 3.32. The Hall–Kier alpha value is -0.120. The van der Waals surface area contributed by atoms with Gasteiger partial charge in [0.05, 0.1) is 0 Å². The van der Waals surface area contributed by atoms with Gasteiger partial charge >= 0.3 is 0 Å². The molecule has 0 amide bonds. The van der Waals surface area contributed by atoms with Gasteiger partial charge in [-0.15, -0.1) is 0 Å². The van der Waals surface area contributed by atoms with E-state index in [0.29, 0.717) is 5.54 Å². The Bertz CT molecular complexity index is 119. The molecule has 0 aromatic carbocycles. The molecule has 0 aromatic heterocycles. The summed E-state index contributed by atoms with van der Waals surface area (Å²) < 4.78 is 10.1. The summed E-state index contributed by atoms with van der Waals surface area (Å²) in [5.74, 6) is 0. The molecule has 0 unspecified atom stereocenters. The molecule has 0 spiro atoms. The lowest BCUT2D eigenvalue weighted by atomic mass is 10.3. The monoisotopic (exact) mass is 159 g/mol. The first-order chi connectivity index (χ1) is 5.20. The summed E-state index contributed by atoms with van der Waals surface area (Å²) in [6.07, 6.45) is 2.44. The highest BCUT2D eigenvalue weighted by Crippen LogP contribution is 2.34. The maximum Gasteiger partial charge on any atom is 0.169 e. The van der Waals surface area contributed by atoms with Gasteiger partial charge in [-0.1, -0.05) is 0 Å². The third-order valence-electron chi connectivity index (χ3n) is 2.22. The molecule has 1 N–H and O–H groups in total. The minimum absolute atomic E-state index is 0.104. The Morgan fingerprint density at radius 1 is 1.36 bits per heavy atom. The second-order valence-corrected chi connectivity index (χ2v) is 3.34. The molecule has 0 saturated heterocycles. The van der Waals surface area contributed by atoms with Crippen LogP contribution in [0, 0.1) is 0 Å². The Kier molecular flexibility index (Phi) is 2.87. The molecule has 0 aliphatic heterocycles. The highest BCUT2D eigenvalue weighted by atomic mass is 16.7. The van der Waals surface area contributed by atoms with Gasteiger partial charge in [0.15, 0.2) is 6.29 Å². The SMILES string of the molecule is COC(CNC1(C)CC1)OC. The molecule has 1 aliphatic carbocycles. The number of hydrogen-bond acceptors (Lipinski definition) is 3. The van der Waals surface area contributed by atoms with Gasteiger partial charge < -0.3 is 14.8 Å². The maximum absolute atomic E-state index is 5.04. The van der Waals surface area contributed by atoms with E-state index in [4.69, 9.17) is 9.47 Å². The standard InChI is InChI=1S/C8H17NO2/c1-8(4-5-8)9-6-7(10-2)11-3/h7,9H,4-6H2,1-3H3. The third kappa shape index (κ3) is 2.77. The molecule has 66 valence electrons. The van der Waals surface area contributed by atoms with E-state index < -0.39 is 0 Å². The van der Waals surface area contributed by atoms with Gasteiger partial charge in [0.25, 0.3) is 0 Å². The molecule has 1 saturated carbocycles. The minimum Gasteiger partial charge on any atom is -0.355 e. The van der Waals surface area contributed by atoms with Crippen molar-refractivity contribution in [2.24, 2.45) is 0 Å². The van der Waals surface area contributed by atoms with E-state index in [-0.39, 0.29) is 6.29 Å². The molecule has 1 fully saturated rings. The van der Waals surface area contributed by atoms with Gasteiger partial charge in [0, 0.05) is 26.3 Å². The average Bonchev–Trinajstić information content (AvgIpc) is 2.71. The van der Waals surface area contributed by atoms with Crippen molar-refractivity contribution < 1.29 is 9.47 Å². The zero-order valence-electron chi connectivity index (χ0n) is 7.52. The third-order valence-corrected chi connectivity index (χ3v) is 2.22. The first kappa shape index (κ1) is 8.97. The molecule has 1 aliphatic rings. The van der Waals surface area contributed by atoms with Gasteiger partial charge in [-0.05, 0) is 19.8 Å². The van der Waals surface area contributed by atoms with Crippen LogP contribution in [0.25, 0.3) is 0 Å². The molecule has 0 atom stereocenters. The van der Waals surface area contributed by atoms with Gasteiger partial charge in [-0.25, -0.2) is 0 Å². The number of hydrogen-bond donors (Lipinski definition) is 1.